The van der Waals surface area contributed by atoms with Gasteiger partial charge in [-0.15, -0.1) is 0 Å². The van der Waals surface area contributed by atoms with E-state index in [0.717, 1.165) is 12.3 Å². The van der Waals surface area contributed by atoms with Crippen molar-refractivity contribution >= 4 is 5.71 Å². The van der Waals surface area contributed by atoms with Crippen molar-refractivity contribution in [1.82, 2.24) is 0 Å². The van der Waals surface area contributed by atoms with Crippen molar-refractivity contribution in [2.24, 2.45) is 17.0 Å². The van der Waals surface area contributed by atoms with E-state index in [-0.39, 0.29) is 0 Å². The van der Waals surface area contributed by atoms with Gasteiger partial charge in [0.05, 0.1) is 5.71 Å². The van der Waals surface area contributed by atoms with Crippen molar-refractivity contribution < 1.29 is 4.84 Å². The Morgan fingerprint density at radius 3 is 2.50 bits per heavy atom. The zero-order chi connectivity index (χ0) is 8.55. The van der Waals surface area contributed by atoms with Gasteiger partial charge in [-0.1, -0.05) is 19.0 Å². The van der Waals surface area contributed by atoms with Crippen LogP contribution in [0.25, 0.3) is 0 Å². The molecule has 2 aliphatic carbocycles. The van der Waals surface area contributed by atoms with Gasteiger partial charge in [-0.25, -0.2) is 0 Å². The van der Waals surface area contributed by atoms with Crippen LogP contribution < -0.4 is 0 Å². The van der Waals surface area contributed by atoms with Gasteiger partial charge in [-0.2, -0.15) is 0 Å². The second-order valence-corrected chi connectivity index (χ2v) is 4.21. The summed E-state index contributed by atoms with van der Waals surface area (Å²) in [7, 11) is 0. The van der Waals surface area contributed by atoms with E-state index in [9.17, 15) is 0 Å². The Balaban J connectivity index is 1.76. The highest BCUT2D eigenvalue weighted by molar-refractivity contribution is 5.91. The number of nitrogens with zero attached hydrogens (tertiary/aromatic N) is 1. The van der Waals surface area contributed by atoms with Gasteiger partial charge >= 0.3 is 0 Å². The van der Waals surface area contributed by atoms with Crippen molar-refractivity contribution in [2.45, 2.75) is 45.6 Å². The molecule has 2 aliphatic rings. The van der Waals surface area contributed by atoms with E-state index in [4.69, 9.17) is 4.84 Å². The molecule has 0 radical (unpaired) electrons. The van der Waals surface area contributed by atoms with Gasteiger partial charge in [0, 0.05) is 5.92 Å². The molecule has 0 aromatic rings. The van der Waals surface area contributed by atoms with Gasteiger partial charge in [0.1, 0.15) is 6.10 Å². The van der Waals surface area contributed by atoms with Crippen LogP contribution in [-0.4, -0.2) is 11.8 Å². The van der Waals surface area contributed by atoms with Crippen molar-refractivity contribution in [2.75, 3.05) is 0 Å². The fourth-order valence-corrected chi connectivity index (χ4v) is 1.60. The van der Waals surface area contributed by atoms with Crippen molar-refractivity contribution in [3.8, 4) is 0 Å². The zero-order valence-corrected chi connectivity index (χ0v) is 7.92. The number of oxime groups is 1. The third-order valence-corrected chi connectivity index (χ3v) is 3.28. The summed E-state index contributed by atoms with van der Waals surface area (Å²) >= 11 is 0. The molecule has 0 aromatic heterocycles. The molecule has 2 atom stereocenters. The van der Waals surface area contributed by atoms with E-state index in [0.29, 0.717) is 12.0 Å². The van der Waals surface area contributed by atoms with Crippen LogP contribution in [0.5, 0.6) is 0 Å². The lowest BCUT2D eigenvalue weighted by molar-refractivity contribution is 0.00322. The third-order valence-electron chi connectivity index (χ3n) is 3.28. The first kappa shape index (κ1) is 8.09. The second-order valence-electron chi connectivity index (χ2n) is 4.21. The normalized spacial score (nSPS) is 39.0. The predicted octanol–water partition coefficient (Wildman–Crippen LogP) is 2.59. The molecule has 0 aliphatic heterocycles. The van der Waals surface area contributed by atoms with Crippen LogP contribution in [0.4, 0.5) is 0 Å². The maximum atomic E-state index is 5.39. The summed E-state index contributed by atoms with van der Waals surface area (Å²) < 4.78 is 0. The van der Waals surface area contributed by atoms with Crippen molar-refractivity contribution in [3.63, 3.8) is 0 Å². The van der Waals surface area contributed by atoms with E-state index >= 15 is 0 Å². The minimum Gasteiger partial charge on any atom is -0.393 e. The van der Waals surface area contributed by atoms with Crippen LogP contribution in [0, 0.1) is 11.8 Å². The highest BCUT2D eigenvalue weighted by atomic mass is 16.6. The lowest BCUT2D eigenvalue weighted by Gasteiger charge is -2.33. The highest BCUT2D eigenvalue weighted by Gasteiger charge is 2.31. The Hall–Kier alpha value is -0.530. The fraction of sp³-hybridized carbons (Fsp3) is 0.900. The molecule has 0 bridgehead atoms. The summed E-state index contributed by atoms with van der Waals surface area (Å²) in [5.74, 6) is 1.47. The topological polar surface area (TPSA) is 21.6 Å². The lowest BCUT2D eigenvalue weighted by atomic mass is 9.74. The lowest BCUT2D eigenvalue weighted by Crippen LogP contribution is -2.33. The summed E-state index contributed by atoms with van der Waals surface area (Å²) in [6.07, 6.45) is 5.33. The fourth-order valence-electron chi connectivity index (χ4n) is 1.60. The first-order valence-corrected chi connectivity index (χ1v) is 5.00. The van der Waals surface area contributed by atoms with E-state index in [1.807, 2.05) is 0 Å². The van der Waals surface area contributed by atoms with Crippen LogP contribution in [-0.2, 0) is 4.84 Å². The summed E-state index contributed by atoms with van der Waals surface area (Å²) in [5.41, 5.74) is 1.27. The standard InChI is InChI=1S/C10H17NO/c1-7-6-10(8(7)2)11-12-9-4-3-5-9/h7-9H,3-6H2,1-2H3/b11-10+. The van der Waals surface area contributed by atoms with E-state index in [1.165, 1.54) is 25.0 Å². The maximum Gasteiger partial charge on any atom is 0.127 e. The smallest absolute Gasteiger partial charge is 0.127 e. The Morgan fingerprint density at radius 1 is 1.33 bits per heavy atom. The molecule has 0 aromatic carbocycles. The quantitative estimate of drug-likeness (QED) is 0.579. The summed E-state index contributed by atoms with van der Waals surface area (Å²) in [4.78, 5) is 5.39. The molecule has 2 heteroatoms. The predicted molar refractivity (Wildman–Crippen MR) is 49.1 cm³/mol. The minimum absolute atomic E-state index is 0.445. The Bertz CT molecular complexity index is 196. The van der Waals surface area contributed by atoms with Gasteiger partial charge < -0.3 is 4.84 Å². The average Bonchev–Trinajstić information content (AvgIpc) is 1.99. The van der Waals surface area contributed by atoms with E-state index < -0.39 is 0 Å². The highest BCUT2D eigenvalue weighted by Crippen LogP contribution is 2.31. The van der Waals surface area contributed by atoms with Gasteiger partial charge in [0.25, 0.3) is 0 Å². The SMILES string of the molecule is CC1C/C(=N\OC2CCC2)C1C. The van der Waals surface area contributed by atoms with Crippen molar-refractivity contribution in [3.05, 3.63) is 0 Å². The van der Waals surface area contributed by atoms with Crippen LogP contribution in [0.15, 0.2) is 5.16 Å². The van der Waals surface area contributed by atoms with Gasteiger partial charge in [-0.05, 0) is 31.6 Å². The maximum absolute atomic E-state index is 5.39. The van der Waals surface area contributed by atoms with Gasteiger partial charge in [-0.3, -0.25) is 0 Å². The first-order chi connectivity index (χ1) is 5.77. The first-order valence-electron chi connectivity index (χ1n) is 5.00. The Morgan fingerprint density at radius 2 is 2.08 bits per heavy atom. The molecule has 0 heterocycles. The van der Waals surface area contributed by atoms with Crippen LogP contribution in [0.3, 0.4) is 0 Å². The van der Waals surface area contributed by atoms with Crippen LogP contribution >= 0.6 is 0 Å². The van der Waals surface area contributed by atoms with Gasteiger partial charge in [0.15, 0.2) is 0 Å². The van der Waals surface area contributed by atoms with Gasteiger partial charge in [0.2, 0.25) is 0 Å². The van der Waals surface area contributed by atoms with Crippen LogP contribution in [0.1, 0.15) is 39.5 Å². The van der Waals surface area contributed by atoms with Crippen molar-refractivity contribution in [1.29, 1.82) is 0 Å². The van der Waals surface area contributed by atoms with Crippen LogP contribution in [0.2, 0.25) is 0 Å². The Labute approximate surface area is 74.0 Å². The molecule has 68 valence electrons. The second kappa shape index (κ2) is 3.08. The molecule has 2 fully saturated rings. The summed E-state index contributed by atoms with van der Waals surface area (Å²) in [6, 6.07) is 0. The number of hydrogen-bond donors (Lipinski definition) is 0. The molecule has 0 N–H and O–H groups in total. The molecule has 0 saturated heterocycles. The monoisotopic (exact) mass is 167 g/mol. The molecular weight excluding hydrogens is 150 g/mol. The molecule has 0 spiro atoms. The largest absolute Gasteiger partial charge is 0.393 e. The van der Waals surface area contributed by atoms with E-state index in [2.05, 4.69) is 19.0 Å². The summed E-state index contributed by atoms with van der Waals surface area (Å²) in [6.45, 7) is 4.50. The number of hydrogen-bond acceptors (Lipinski definition) is 2. The molecule has 2 nitrogen and oxygen atoms in total. The third kappa shape index (κ3) is 1.35. The molecule has 12 heavy (non-hydrogen) atoms. The molecule has 2 unspecified atom stereocenters. The summed E-state index contributed by atoms with van der Waals surface area (Å²) in [5, 5.41) is 4.20. The molecule has 0 amide bonds. The zero-order valence-electron chi connectivity index (χ0n) is 7.92. The molecule has 2 rings (SSSR count). The molecular formula is C10H17NO. The van der Waals surface area contributed by atoms with E-state index in [1.54, 1.807) is 0 Å². The number of rotatable bonds is 2. The minimum atomic E-state index is 0.445. The average molecular weight is 167 g/mol. The molecule has 2 saturated carbocycles. The Kier molecular flexibility index (Phi) is 2.07.